The average Bonchev–Trinajstić information content (AvgIpc) is 2.67. The molecule has 2 rings (SSSR count). The Balaban J connectivity index is 1.97. The topological polar surface area (TPSA) is 26.0 Å². The third-order valence-electron chi connectivity index (χ3n) is 2.64. The molecule has 0 saturated heterocycles. The fourth-order valence-corrected chi connectivity index (χ4v) is 1.79. The first-order chi connectivity index (χ1) is 7.40. The van der Waals surface area contributed by atoms with E-state index >= 15 is 0 Å². The molecule has 0 aliphatic rings. The zero-order chi connectivity index (χ0) is 10.5. The van der Waals surface area contributed by atoms with Crippen LogP contribution in [0.4, 0.5) is 0 Å². The zero-order valence-corrected chi connectivity index (χ0v) is 9.20. The van der Waals surface area contributed by atoms with Gasteiger partial charge >= 0.3 is 0 Å². The predicted octanol–water partition coefficient (Wildman–Crippen LogP) is 3.95. The van der Waals surface area contributed by atoms with Gasteiger partial charge in [0.2, 0.25) is 0 Å². The molecule has 0 atom stereocenters. The maximum Gasteiger partial charge on any atom is 0.137 e. The fraction of sp³-hybridized carbons (Fsp3) is 0.462. The highest BCUT2D eigenvalue weighted by Gasteiger charge is 2.02. The number of furan rings is 1. The van der Waals surface area contributed by atoms with Gasteiger partial charge < -0.3 is 4.42 Å². The van der Waals surface area contributed by atoms with Gasteiger partial charge in [0.05, 0.1) is 0 Å². The van der Waals surface area contributed by atoms with E-state index in [2.05, 4.69) is 18.0 Å². The maximum absolute atomic E-state index is 5.71. The molecule has 0 aromatic carbocycles. The first-order valence-corrected chi connectivity index (χ1v) is 5.72. The molecule has 15 heavy (non-hydrogen) atoms. The standard InChI is InChI=1S/C13H17NO/c1-2-3-4-5-6-12-9-11-10-14-8-7-13(11)15-12/h7-10H,2-6H2,1H3. The summed E-state index contributed by atoms with van der Waals surface area (Å²) in [7, 11) is 0. The molecule has 0 aliphatic heterocycles. The van der Waals surface area contributed by atoms with Crippen molar-refractivity contribution in [2.24, 2.45) is 0 Å². The third kappa shape index (κ3) is 2.58. The molecule has 0 bridgehead atoms. The van der Waals surface area contributed by atoms with E-state index in [1.165, 1.54) is 25.7 Å². The first kappa shape index (κ1) is 10.2. The second-order valence-electron chi connectivity index (χ2n) is 3.94. The van der Waals surface area contributed by atoms with Crippen molar-refractivity contribution in [3.63, 3.8) is 0 Å². The second-order valence-corrected chi connectivity index (χ2v) is 3.94. The molecule has 0 aliphatic carbocycles. The Morgan fingerprint density at radius 1 is 1.27 bits per heavy atom. The lowest BCUT2D eigenvalue weighted by Gasteiger charge is -1.95. The number of hydrogen-bond donors (Lipinski definition) is 0. The summed E-state index contributed by atoms with van der Waals surface area (Å²) in [6.45, 7) is 2.23. The summed E-state index contributed by atoms with van der Waals surface area (Å²) in [6.07, 6.45) is 9.80. The summed E-state index contributed by atoms with van der Waals surface area (Å²) in [5, 5.41) is 1.11. The number of fused-ring (bicyclic) bond motifs is 1. The van der Waals surface area contributed by atoms with E-state index in [0.29, 0.717) is 0 Å². The van der Waals surface area contributed by atoms with Crippen LogP contribution < -0.4 is 0 Å². The van der Waals surface area contributed by atoms with Crippen molar-refractivity contribution in [3.05, 3.63) is 30.3 Å². The number of aryl methyl sites for hydroxylation is 1. The van der Waals surface area contributed by atoms with Crippen LogP contribution in [0.3, 0.4) is 0 Å². The second kappa shape index (κ2) is 4.96. The van der Waals surface area contributed by atoms with Crippen LogP contribution in [0.15, 0.2) is 28.9 Å². The Labute approximate surface area is 90.3 Å². The van der Waals surface area contributed by atoms with Crippen LogP contribution in [0.5, 0.6) is 0 Å². The summed E-state index contributed by atoms with van der Waals surface area (Å²) < 4.78 is 5.71. The molecule has 2 aromatic heterocycles. The number of rotatable bonds is 5. The lowest BCUT2D eigenvalue weighted by atomic mass is 10.1. The molecule has 0 N–H and O–H groups in total. The molecule has 80 valence electrons. The number of hydrogen-bond acceptors (Lipinski definition) is 2. The highest BCUT2D eigenvalue weighted by Crippen LogP contribution is 2.19. The monoisotopic (exact) mass is 203 g/mol. The molecule has 0 saturated carbocycles. The van der Waals surface area contributed by atoms with Crippen LogP contribution in [0.25, 0.3) is 11.0 Å². The lowest BCUT2D eigenvalue weighted by molar-refractivity contribution is 0.527. The van der Waals surface area contributed by atoms with Crippen molar-refractivity contribution in [1.82, 2.24) is 4.98 Å². The fourth-order valence-electron chi connectivity index (χ4n) is 1.79. The van der Waals surface area contributed by atoms with E-state index in [-0.39, 0.29) is 0 Å². The van der Waals surface area contributed by atoms with Gasteiger partial charge in [-0.3, -0.25) is 4.98 Å². The Morgan fingerprint density at radius 2 is 2.20 bits per heavy atom. The number of aromatic nitrogens is 1. The first-order valence-electron chi connectivity index (χ1n) is 5.72. The van der Waals surface area contributed by atoms with Crippen LogP contribution in [-0.4, -0.2) is 4.98 Å². The summed E-state index contributed by atoms with van der Waals surface area (Å²) in [5.41, 5.74) is 0.954. The summed E-state index contributed by atoms with van der Waals surface area (Å²) >= 11 is 0. The summed E-state index contributed by atoms with van der Waals surface area (Å²) in [5.74, 6) is 1.09. The quantitative estimate of drug-likeness (QED) is 0.688. The van der Waals surface area contributed by atoms with Gasteiger partial charge in [0.1, 0.15) is 11.3 Å². The Morgan fingerprint density at radius 3 is 3.00 bits per heavy atom. The minimum Gasteiger partial charge on any atom is -0.461 e. The van der Waals surface area contributed by atoms with E-state index in [1.807, 2.05) is 12.3 Å². The average molecular weight is 203 g/mol. The van der Waals surface area contributed by atoms with Crippen LogP contribution in [0.2, 0.25) is 0 Å². The Kier molecular flexibility index (Phi) is 3.38. The SMILES string of the molecule is CCCCCCc1cc2cnccc2o1. The van der Waals surface area contributed by atoms with Gasteiger partial charge in [0.25, 0.3) is 0 Å². The number of pyridine rings is 1. The lowest BCUT2D eigenvalue weighted by Crippen LogP contribution is -1.81. The molecule has 2 nitrogen and oxygen atoms in total. The van der Waals surface area contributed by atoms with E-state index < -0.39 is 0 Å². The van der Waals surface area contributed by atoms with Crippen LogP contribution in [-0.2, 0) is 6.42 Å². The maximum atomic E-state index is 5.71. The molecule has 2 heteroatoms. The van der Waals surface area contributed by atoms with E-state index in [1.54, 1.807) is 6.20 Å². The van der Waals surface area contributed by atoms with Crippen molar-refractivity contribution < 1.29 is 4.42 Å². The van der Waals surface area contributed by atoms with E-state index in [9.17, 15) is 0 Å². The number of nitrogens with zero attached hydrogens (tertiary/aromatic N) is 1. The van der Waals surface area contributed by atoms with Gasteiger partial charge in [0, 0.05) is 24.2 Å². The zero-order valence-electron chi connectivity index (χ0n) is 9.20. The summed E-state index contributed by atoms with van der Waals surface area (Å²) in [4.78, 5) is 4.08. The molecule has 0 radical (unpaired) electrons. The van der Waals surface area contributed by atoms with Gasteiger partial charge in [-0.25, -0.2) is 0 Å². The normalized spacial score (nSPS) is 11.0. The minimum absolute atomic E-state index is 0.954. The van der Waals surface area contributed by atoms with Crippen molar-refractivity contribution in [3.8, 4) is 0 Å². The summed E-state index contributed by atoms with van der Waals surface area (Å²) in [6, 6.07) is 4.03. The molecule has 0 spiro atoms. The van der Waals surface area contributed by atoms with Gasteiger partial charge in [0.15, 0.2) is 0 Å². The van der Waals surface area contributed by atoms with Crippen molar-refractivity contribution in [2.45, 2.75) is 39.0 Å². The van der Waals surface area contributed by atoms with Crippen LogP contribution in [0, 0.1) is 0 Å². The van der Waals surface area contributed by atoms with E-state index in [4.69, 9.17) is 4.42 Å². The van der Waals surface area contributed by atoms with Crippen LogP contribution >= 0.6 is 0 Å². The minimum atomic E-state index is 0.954. The molecule has 0 unspecified atom stereocenters. The van der Waals surface area contributed by atoms with Gasteiger partial charge in [-0.2, -0.15) is 0 Å². The third-order valence-corrected chi connectivity index (χ3v) is 2.64. The molecule has 2 heterocycles. The van der Waals surface area contributed by atoms with E-state index in [0.717, 1.165) is 23.2 Å². The number of unbranched alkanes of at least 4 members (excludes halogenated alkanes) is 3. The molecular formula is C13H17NO. The van der Waals surface area contributed by atoms with Crippen molar-refractivity contribution >= 4 is 11.0 Å². The highest BCUT2D eigenvalue weighted by molar-refractivity contribution is 5.76. The van der Waals surface area contributed by atoms with Gasteiger partial charge in [-0.1, -0.05) is 26.2 Å². The molecular weight excluding hydrogens is 186 g/mol. The highest BCUT2D eigenvalue weighted by atomic mass is 16.3. The predicted molar refractivity (Wildman–Crippen MR) is 61.9 cm³/mol. The largest absolute Gasteiger partial charge is 0.461 e. The Bertz CT molecular complexity index is 386. The van der Waals surface area contributed by atoms with Gasteiger partial charge in [-0.15, -0.1) is 0 Å². The van der Waals surface area contributed by atoms with Gasteiger partial charge in [-0.05, 0) is 18.6 Å². The smallest absolute Gasteiger partial charge is 0.137 e. The molecule has 2 aromatic rings. The van der Waals surface area contributed by atoms with Crippen molar-refractivity contribution in [1.29, 1.82) is 0 Å². The van der Waals surface area contributed by atoms with Crippen molar-refractivity contribution in [2.75, 3.05) is 0 Å². The van der Waals surface area contributed by atoms with Crippen LogP contribution in [0.1, 0.15) is 38.4 Å². The Hall–Kier alpha value is -1.31. The molecule has 0 fully saturated rings. The molecule has 0 amide bonds.